The first kappa shape index (κ1) is 15.3. The van der Waals surface area contributed by atoms with Crippen LogP contribution in [-0.4, -0.2) is 31.0 Å². The molecule has 0 aromatic heterocycles. The summed E-state index contributed by atoms with van der Waals surface area (Å²) in [5.74, 6) is 2.07. The minimum absolute atomic E-state index is 0.0140. The summed E-state index contributed by atoms with van der Waals surface area (Å²) in [5.41, 5.74) is 2.06. The van der Waals surface area contributed by atoms with E-state index in [-0.39, 0.29) is 17.4 Å². The molecule has 0 saturated heterocycles. The second-order valence-electron chi connectivity index (χ2n) is 5.69. The SMILES string of the molecule is COc1c(O)cc2c(c1OC)CC(Cc1ccc(O)cc1)CO2. The molecule has 23 heavy (non-hydrogen) atoms. The van der Waals surface area contributed by atoms with Crippen molar-refractivity contribution in [3.63, 3.8) is 0 Å². The maximum Gasteiger partial charge on any atom is 0.203 e. The van der Waals surface area contributed by atoms with Crippen LogP contribution in [0, 0.1) is 5.92 Å². The summed E-state index contributed by atoms with van der Waals surface area (Å²) >= 11 is 0. The van der Waals surface area contributed by atoms with Crippen molar-refractivity contribution < 1.29 is 24.4 Å². The lowest BCUT2D eigenvalue weighted by molar-refractivity contribution is 0.214. The molecular weight excluding hydrogens is 296 g/mol. The first-order valence-corrected chi connectivity index (χ1v) is 7.50. The van der Waals surface area contributed by atoms with E-state index in [1.165, 1.54) is 7.11 Å². The molecule has 0 spiro atoms. The number of benzene rings is 2. The molecule has 0 bridgehead atoms. The van der Waals surface area contributed by atoms with E-state index in [0.717, 1.165) is 24.0 Å². The summed E-state index contributed by atoms with van der Waals surface area (Å²) in [6.45, 7) is 0.572. The lowest BCUT2D eigenvalue weighted by Gasteiger charge is -2.28. The molecule has 0 saturated carbocycles. The van der Waals surface area contributed by atoms with Gasteiger partial charge in [-0.15, -0.1) is 0 Å². The Morgan fingerprint density at radius 2 is 1.78 bits per heavy atom. The van der Waals surface area contributed by atoms with Gasteiger partial charge in [0.25, 0.3) is 0 Å². The van der Waals surface area contributed by atoms with Gasteiger partial charge in [0.05, 0.1) is 20.8 Å². The second kappa shape index (κ2) is 6.28. The standard InChI is InChI=1S/C18H20O5/c1-21-17-14-8-12(7-11-3-5-13(19)6-4-11)10-23-16(14)9-15(20)18(17)22-2/h3-6,9,12,19-20H,7-8,10H2,1-2H3. The van der Waals surface area contributed by atoms with Gasteiger partial charge in [-0.25, -0.2) is 0 Å². The van der Waals surface area contributed by atoms with Gasteiger partial charge in [-0.1, -0.05) is 12.1 Å². The topological polar surface area (TPSA) is 68.2 Å². The van der Waals surface area contributed by atoms with Crippen LogP contribution in [0.3, 0.4) is 0 Å². The Balaban J connectivity index is 1.86. The number of phenols is 2. The molecule has 5 nitrogen and oxygen atoms in total. The van der Waals surface area contributed by atoms with Crippen LogP contribution >= 0.6 is 0 Å². The highest BCUT2D eigenvalue weighted by Gasteiger charge is 2.27. The summed E-state index contributed by atoms with van der Waals surface area (Å²) < 4.78 is 16.5. The van der Waals surface area contributed by atoms with E-state index < -0.39 is 0 Å². The first-order chi connectivity index (χ1) is 11.1. The smallest absolute Gasteiger partial charge is 0.203 e. The molecule has 1 aliphatic rings. The van der Waals surface area contributed by atoms with Gasteiger partial charge in [-0.3, -0.25) is 0 Å². The summed E-state index contributed by atoms with van der Waals surface area (Å²) in [6.07, 6.45) is 1.61. The Kier molecular flexibility index (Phi) is 4.19. The fraction of sp³-hybridized carbons (Fsp3) is 0.333. The maximum absolute atomic E-state index is 10.00. The number of rotatable bonds is 4. The van der Waals surface area contributed by atoms with Crippen LogP contribution in [0.25, 0.3) is 0 Å². The van der Waals surface area contributed by atoms with Crippen LogP contribution in [0.1, 0.15) is 11.1 Å². The van der Waals surface area contributed by atoms with Gasteiger partial charge in [0.15, 0.2) is 11.5 Å². The fourth-order valence-electron chi connectivity index (χ4n) is 3.03. The van der Waals surface area contributed by atoms with Crippen molar-refractivity contribution in [2.24, 2.45) is 5.92 Å². The third-order valence-electron chi connectivity index (χ3n) is 4.11. The average Bonchev–Trinajstić information content (AvgIpc) is 2.56. The molecule has 1 heterocycles. The van der Waals surface area contributed by atoms with Crippen molar-refractivity contribution in [3.8, 4) is 28.7 Å². The zero-order valence-corrected chi connectivity index (χ0v) is 13.2. The van der Waals surface area contributed by atoms with Crippen molar-refractivity contribution in [2.75, 3.05) is 20.8 Å². The van der Waals surface area contributed by atoms with Crippen molar-refractivity contribution in [3.05, 3.63) is 41.5 Å². The van der Waals surface area contributed by atoms with E-state index in [1.807, 2.05) is 12.1 Å². The Morgan fingerprint density at radius 1 is 1.09 bits per heavy atom. The van der Waals surface area contributed by atoms with Crippen LogP contribution in [0.5, 0.6) is 28.7 Å². The third kappa shape index (κ3) is 2.99. The van der Waals surface area contributed by atoms with Gasteiger partial charge in [0.2, 0.25) is 5.75 Å². The minimum Gasteiger partial charge on any atom is -0.508 e. The molecule has 0 radical (unpaired) electrons. The summed E-state index contributed by atoms with van der Waals surface area (Å²) in [5, 5.41) is 19.4. The zero-order valence-electron chi connectivity index (χ0n) is 13.2. The van der Waals surface area contributed by atoms with Crippen molar-refractivity contribution in [2.45, 2.75) is 12.8 Å². The predicted octanol–water partition coefficient (Wildman–Crippen LogP) is 2.91. The highest BCUT2D eigenvalue weighted by atomic mass is 16.5. The monoisotopic (exact) mass is 316 g/mol. The van der Waals surface area contributed by atoms with Crippen LogP contribution < -0.4 is 14.2 Å². The van der Waals surface area contributed by atoms with Gasteiger partial charge in [0, 0.05) is 17.5 Å². The predicted molar refractivity (Wildman–Crippen MR) is 85.7 cm³/mol. The number of fused-ring (bicyclic) bond motifs is 1. The van der Waals surface area contributed by atoms with Crippen molar-refractivity contribution in [1.82, 2.24) is 0 Å². The number of phenolic OH excluding ortho intramolecular Hbond substituents is 2. The van der Waals surface area contributed by atoms with E-state index in [9.17, 15) is 10.2 Å². The largest absolute Gasteiger partial charge is 0.508 e. The molecule has 1 aliphatic heterocycles. The Morgan fingerprint density at radius 3 is 2.43 bits per heavy atom. The lowest BCUT2D eigenvalue weighted by atomic mass is 9.90. The van der Waals surface area contributed by atoms with Crippen LogP contribution in [0.2, 0.25) is 0 Å². The summed E-state index contributed by atoms with van der Waals surface area (Å²) in [6, 6.07) is 8.79. The first-order valence-electron chi connectivity index (χ1n) is 7.50. The maximum atomic E-state index is 10.00. The van der Waals surface area contributed by atoms with Gasteiger partial charge in [-0.05, 0) is 30.5 Å². The van der Waals surface area contributed by atoms with Crippen molar-refractivity contribution >= 4 is 0 Å². The summed E-state index contributed by atoms with van der Waals surface area (Å²) in [4.78, 5) is 0. The molecule has 3 rings (SSSR count). The minimum atomic E-state index is 0.0140. The van der Waals surface area contributed by atoms with Crippen LogP contribution in [0.15, 0.2) is 30.3 Å². The van der Waals surface area contributed by atoms with E-state index in [1.54, 1.807) is 25.3 Å². The molecule has 0 amide bonds. The van der Waals surface area contributed by atoms with E-state index in [2.05, 4.69) is 0 Å². The van der Waals surface area contributed by atoms with Gasteiger partial charge >= 0.3 is 0 Å². The number of ether oxygens (including phenoxy) is 3. The molecule has 1 unspecified atom stereocenters. The van der Waals surface area contributed by atoms with Gasteiger partial charge in [-0.2, -0.15) is 0 Å². The highest BCUT2D eigenvalue weighted by molar-refractivity contribution is 5.61. The molecule has 2 aromatic carbocycles. The Labute approximate surface area is 135 Å². The van der Waals surface area contributed by atoms with E-state index in [0.29, 0.717) is 23.9 Å². The molecule has 5 heteroatoms. The Bertz CT molecular complexity index is 694. The number of hydrogen-bond acceptors (Lipinski definition) is 5. The van der Waals surface area contributed by atoms with Crippen LogP contribution in [-0.2, 0) is 12.8 Å². The molecular formula is C18H20O5. The normalized spacial score (nSPS) is 16.3. The fourth-order valence-corrected chi connectivity index (χ4v) is 3.03. The molecule has 1 atom stereocenters. The van der Waals surface area contributed by atoms with Gasteiger partial charge < -0.3 is 24.4 Å². The quantitative estimate of drug-likeness (QED) is 0.908. The number of methoxy groups -OCH3 is 2. The lowest BCUT2D eigenvalue weighted by Crippen LogP contribution is -2.23. The summed E-state index contributed by atoms with van der Waals surface area (Å²) in [7, 11) is 3.06. The molecule has 0 fully saturated rings. The zero-order chi connectivity index (χ0) is 16.4. The second-order valence-corrected chi connectivity index (χ2v) is 5.69. The average molecular weight is 316 g/mol. The number of hydrogen-bond donors (Lipinski definition) is 2. The molecule has 2 aromatic rings. The molecule has 2 N–H and O–H groups in total. The number of aromatic hydroxyl groups is 2. The van der Waals surface area contributed by atoms with Gasteiger partial charge in [0.1, 0.15) is 11.5 Å². The highest BCUT2D eigenvalue weighted by Crippen LogP contribution is 2.47. The Hall–Kier alpha value is -2.56. The third-order valence-corrected chi connectivity index (χ3v) is 4.11. The van der Waals surface area contributed by atoms with Crippen LogP contribution in [0.4, 0.5) is 0 Å². The van der Waals surface area contributed by atoms with E-state index >= 15 is 0 Å². The molecule has 122 valence electrons. The molecule has 0 aliphatic carbocycles. The van der Waals surface area contributed by atoms with Crippen molar-refractivity contribution in [1.29, 1.82) is 0 Å². The van der Waals surface area contributed by atoms with E-state index in [4.69, 9.17) is 14.2 Å².